The number of rotatable bonds is 6. The third-order valence-corrected chi connectivity index (χ3v) is 3.39. The molecule has 0 radical (unpaired) electrons. The number of halogens is 1. The second kappa shape index (κ2) is 6.96. The van der Waals surface area contributed by atoms with Crippen LogP contribution in [0.4, 0.5) is 4.39 Å². The lowest BCUT2D eigenvalue weighted by molar-refractivity contribution is -0.145. The molecule has 0 aliphatic rings. The second-order valence-electron chi connectivity index (χ2n) is 5.03. The van der Waals surface area contributed by atoms with Crippen molar-refractivity contribution < 1.29 is 18.7 Å². The molecule has 0 spiro atoms. The van der Waals surface area contributed by atoms with Gasteiger partial charge >= 0.3 is 5.97 Å². The van der Waals surface area contributed by atoms with Crippen molar-refractivity contribution in [1.29, 1.82) is 0 Å². The first kappa shape index (κ1) is 15.1. The van der Waals surface area contributed by atoms with E-state index < -0.39 is 0 Å². The third kappa shape index (κ3) is 3.88. The first-order valence-corrected chi connectivity index (χ1v) is 7.30. The van der Waals surface area contributed by atoms with Crippen LogP contribution in [0.3, 0.4) is 0 Å². The summed E-state index contributed by atoms with van der Waals surface area (Å²) in [6, 6.07) is 15.6. The van der Waals surface area contributed by atoms with Crippen LogP contribution in [0.1, 0.15) is 0 Å². The number of para-hydroxylation sites is 1. The zero-order valence-electron chi connectivity index (χ0n) is 12.4. The van der Waals surface area contributed by atoms with E-state index in [0.717, 1.165) is 16.7 Å². The normalized spacial score (nSPS) is 10.7. The first-order valence-electron chi connectivity index (χ1n) is 7.30. The van der Waals surface area contributed by atoms with Gasteiger partial charge in [-0.2, -0.15) is 0 Å². The Morgan fingerprint density at radius 2 is 1.87 bits per heavy atom. The molecule has 1 heterocycles. The number of carbonyl (C=O) groups excluding carboxylic acids is 1. The van der Waals surface area contributed by atoms with Gasteiger partial charge < -0.3 is 14.0 Å². The Balaban J connectivity index is 1.49. The van der Waals surface area contributed by atoms with E-state index in [-0.39, 0.29) is 24.9 Å². The van der Waals surface area contributed by atoms with E-state index in [1.807, 2.05) is 30.3 Å². The molecule has 0 amide bonds. The molecule has 0 atom stereocenters. The smallest absolute Gasteiger partial charge is 0.326 e. The Kier molecular flexibility index (Phi) is 4.57. The molecule has 0 saturated carbocycles. The summed E-state index contributed by atoms with van der Waals surface area (Å²) in [7, 11) is 0. The molecule has 23 heavy (non-hydrogen) atoms. The Morgan fingerprint density at radius 3 is 2.70 bits per heavy atom. The summed E-state index contributed by atoms with van der Waals surface area (Å²) in [5, 5.41) is 0.755. The van der Waals surface area contributed by atoms with E-state index in [1.54, 1.807) is 22.9 Å². The Labute approximate surface area is 133 Å². The van der Waals surface area contributed by atoms with E-state index >= 15 is 0 Å². The van der Waals surface area contributed by atoms with Gasteiger partial charge in [0.2, 0.25) is 0 Å². The zero-order chi connectivity index (χ0) is 16.1. The standard InChI is InChI=1S/C18H16FNO3/c19-15-6-7-17-14(12-15)8-9-20(17)13-18(21)23-11-10-22-16-4-2-1-3-5-16/h1-9,12H,10-11,13H2. The highest BCUT2D eigenvalue weighted by Crippen LogP contribution is 2.17. The number of ether oxygens (including phenoxy) is 2. The first-order chi connectivity index (χ1) is 11.2. The molecule has 0 unspecified atom stereocenters. The highest BCUT2D eigenvalue weighted by Gasteiger charge is 2.08. The van der Waals surface area contributed by atoms with Gasteiger partial charge in [0.15, 0.2) is 0 Å². The van der Waals surface area contributed by atoms with Crippen molar-refractivity contribution in [3.63, 3.8) is 0 Å². The van der Waals surface area contributed by atoms with Crippen molar-refractivity contribution in [2.75, 3.05) is 13.2 Å². The molecule has 5 heteroatoms. The highest BCUT2D eigenvalue weighted by molar-refractivity contribution is 5.82. The van der Waals surface area contributed by atoms with E-state index in [0.29, 0.717) is 6.61 Å². The molecular weight excluding hydrogens is 297 g/mol. The van der Waals surface area contributed by atoms with E-state index in [1.165, 1.54) is 12.1 Å². The van der Waals surface area contributed by atoms with Crippen molar-refractivity contribution in [2.24, 2.45) is 0 Å². The molecule has 0 aliphatic carbocycles. The lowest BCUT2D eigenvalue weighted by Gasteiger charge is -2.08. The molecule has 0 aliphatic heterocycles. The highest BCUT2D eigenvalue weighted by atomic mass is 19.1. The van der Waals surface area contributed by atoms with Crippen LogP contribution < -0.4 is 4.74 Å². The second-order valence-corrected chi connectivity index (χ2v) is 5.03. The van der Waals surface area contributed by atoms with Gasteiger partial charge in [-0.05, 0) is 36.4 Å². The molecule has 0 bridgehead atoms. The summed E-state index contributed by atoms with van der Waals surface area (Å²) >= 11 is 0. The molecule has 2 aromatic carbocycles. The third-order valence-electron chi connectivity index (χ3n) is 3.39. The SMILES string of the molecule is O=C(Cn1ccc2cc(F)ccc21)OCCOc1ccccc1. The maximum Gasteiger partial charge on any atom is 0.326 e. The predicted molar refractivity (Wildman–Crippen MR) is 84.8 cm³/mol. The van der Waals surface area contributed by atoms with Crippen LogP contribution in [-0.2, 0) is 16.1 Å². The number of hydrogen-bond acceptors (Lipinski definition) is 3. The van der Waals surface area contributed by atoms with Crippen molar-refractivity contribution in [3.8, 4) is 5.75 Å². The van der Waals surface area contributed by atoms with Crippen molar-refractivity contribution in [2.45, 2.75) is 6.54 Å². The zero-order valence-corrected chi connectivity index (χ0v) is 12.4. The molecule has 0 fully saturated rings. The Bertz CT molecular complexity index is 798. The monoisotopic (exact) mass is 313 g/mol. The number of fused-ring (bicyclic) bond motifs is 1. The number of carbonyl (C=O) groups is 1. The van der Waals surface area contributed by atoms with Crippen molar-refractivity contribution in [3.05, 3.63) is 66.6 Å². The summed E-state index contributed by atoms with van der Waals surface area (Å²) < 4.78 is 25.5. The summed E-state index contributed by atoms with van der Waals surface area (Å²) in [5.41, 5.74) is 0.795. The lowest BCUT2D eigenvalue weighted by Crippen LogP contribution is -2.16. The molecule has 4 nitrogen and oxygen atoms in total. The van der Waals surface area contributed by atoms with Crippen LogP contribution in [0.5, 0.6) is 5.75 Å². The van der Waals surface area contributed by atoms with E-state index in [9.17, 15) is 9.18 Å². The van der Waals surface area contributed by atoms with Crippen LogP contribution >= 0.6 is 0 Å². The number of nitrogens with zero attached hydrogens (tertiary/aromatic N) is 1. The fourth-order valence-electron chi connectivity index (χ4n) is 2.33. The molecule has 1 aromatic heterocycles. The van der Waals surface area contributed by atoms with Gasteiger partial charge in [-0.1, -0.05) is 18.2 Å². The van der Waals surface area contributed by atoms with Gasteiger partial charge in [0.1, 0.15) is 31.3 Å². The fraction of sp³-hybridized carbons (Fsp3) is 0.167. The minimum atomic E-state index is -0.358. The number of hydrogen-bond donors (Lipinski definition) is 0. The summed E-state index contributed by atoms with van der Waals surface area (Å²) in [6.07, 6.45) is 1.74. The number of benzene rings is 2. The van der Waals surface area contributed by atoms with Crippen LogP contribution in [0.15, 0.2) is 60.8 Å². The van der Waals surface area contributed by atoms with Crippen LogP contribution in [0.25, 0.3) is 10.9 Å². The number of aromatic nitrogens is 1. The van der Waals surface area contributed by atoms with Gasteiger partial charge in [-0.25, -0.2) is 4.39 Å². The van der Waals surface area contributed by atoms with Crippen LogP contribution in [-0.4, -0.2) is 23.8 Å². The van der Waals surface area contributed by atoms with Gasteiger partial charge in [0.05, 0.1) is 0 Å². The summed E-state index contributed by atoms with van der Waals surface area (Å²) in [5.74, 6) is 0.0846. The van der Waals surface area contributed by atoms with E-state index in [2.05, 4.69) is 0 Å². The largest absolute Gasteiger partial charge is 0.490 e. The van der Waals surface area contributed by atoms with Crippen molar-refractivity contribution >= 4 is 16.9 Å². The van der Waals surface area contributed by atoms with Crippen LogP contribution in [0, 0.1) is 5.82 Å². The molecule has 3 aromatic rings. The summed E-state index contributed by atoms with van der Waals surface area (Å²) in [6.45, 7) is 0.565. The molecule has 118 valence electrons. The maximum absolute atomic E-state index is 13.1. The number of esters is 1. The Hall–Kier alpha value is -2.82. The predicted octanol–water partition coefficient (Wildman–Crippen LogP) is 3.40. The van der Waals surface area contributed by atoms with Gasteiger partial charge in [0, 0.05) is 17.1 Å². The van der Waals surface area contributed by atoms with Gasteiger partial charge in [-0.3, -0.25) is 4.79 Å². The van der Waals surface area contributed by atoms with Crippen LogP contribution in [0.2, 0.25) is 0 Å². The molecular formula is C18H16FNO3. The lowest BCUT2D eigenvalue weighted by atomic mass is 10.2. The molecule has 0 saturated heterocycles. The summed E-state index contributed by atoms with van der Waals surface area (Å²) in [4.78, 5) is 11.9. The maximum atomic E-state index is 13.1. The average molecular weight is 313 g/mol. The minimum absolute atomic E-state index is 0.0838. The minimum Gasteiger partial charge on any atom is -0.490 e. The van der Waals surface area contributed by atoms with Gasteiger partial charge in [0.25, 0.3) is 0 Å². The Morgan fingerprint density at radius 1 is 1.04 bits per heavy atom. The molecule has 3 rings (SSSR count). The van der Waals surface area contributed by atoms with E-state index in [4.69, 9.17) is 9.47 Å². The van der Waals surface area contributed by atoms with Crippen molar-refractivity contribution in [1.82, 2.24) is 4.57 Å². The molecule has 0 N–H and O–H groups in total. The topological polar surface area (TPSA) is 40.5 Å². The fourth-order valence-corrected chi connectivity index (χ4v) is 2.33. The van der Waals surface area contributed by atoms with Gasteiger partial charge in [-0.15, -0.1) is 0 Å². The average Bonchev–Trinajstić information content (AvgIpc) is 2.94. The quantitative estimate of drug-likeness (QED) is 0.517.